The Morgan fingerprint density at radius 3 is 2.30 bits per heavy atom. The quantitative estimate of drug-likeness (QED) is 0.715. The van der Waals surface area contributed by atoms with Gasteiger partial charge in [0.05, 0.1) is 4.90 Å². The molecule has 1 aliphatic carbocycles. The standard InChI is InChI=1S/C9H13NO2.C7H8O3S/c11-9(12)8-5-6-3-1-2-4-7(6)10-8;1-6-2-4-7(5-3-6)11(8,9)10/h8,10H,1-5H2,(H,11,12);2-5H,1H3,(H,8,9,10)/t8-;/m0./s1. The predicted molar refractivity (Wildman–Crippen MR) is 85.7 cm³/mol. The molecule has 0 spiro atoms. The summed E-state index contributed by atoms with van der Waals surface area (Å²) in [6.45, 7) is 1.84. The van der Waals surface area contributed by atoms with Crippen LogP contribution >= 0.6 is 0 Å². The Hall–Kier alpha value is -1.86. The first-order valence-corrected chi connectivity index (χ1v) is 8.96. The van der Waals surface area contributed by atoms with Crippen LogP contribution in [-0.2, 0) is 14.9 Å². The highest BCUT2D eigenvalue weighted by molar-refractivity contribution is 7.85. The van der Waals surface area contributed by atoms with Crippen molar-refractivity contribution in [2.24, 2.45) is 0 Å². The Kier molecular flexibility index (Phi) is 5.43. The van der Waals surface area contributed by atoms with Crippen LogP contribution in [0.3, 0.4) is 0 Å². The van der Waals surface area contributed by atoms with Crippen LogP contribution in [0.25, 0.3) is 0 Å². The third-order valence-corrected chi connectivity index (χ3v) is 4.87. The number of carbonyl (C=O) groups is 1. The van der Waals surface area contributed by atoms with E-state index in [1.807, 2.05) is 6.92 Å². The summed E-state index contributed by atoms with van der Waals surface area (Å²) in [5.41, 5.74) is 3.53. The van der Waals surface area contributed by atoms with E-state index in [0.717, 1.165) is 24.8 Å². The van der Waals surface area contributed by atoms with Crippen molar-refractivity contribution in [3.05, 3.63) is 41.1 Å². The van der Waals surface area contributed by atoms with Crippen molar-refractivity contribution in [1.29, 1.82) is 0 Å². The molecule has 1 aromatic rings. The first-order chi connectivity index (χ1) is 10.8. The van der Waals surface area contributed by atoms with Crippen LogP contribution < -0.4 is 5.32 Å². The van der Waals surface area contributed by atoms with E-state index in [0.29, 0.717) is 0 Å². The SMILES string of the molecule is Cc1ccc(S(=O)(=O)O)cc1.O=C(O)[C@@H]1CC2=C(CCCC2)N1. The smallest absolute Gasteiger partial charge is 0.326 e. The molecule has 0 fully saturated rings. The number of hydrogen-bond acceptors (Lipinski definition) is 4. The van der Waals surface area contributed by atoms with Crippen LogP contribution in [0.15, 0.2) is 40.4 Å². The number of carboxylic acids is 1. The number of hydrogen-bond donors (Lipinski definition) is 3. The summed E-state index contributed by atoms with van der Waals surface area (Å²) in [6.07, 6.45) is 5.32. The van der Waals surface area contributed by atoms with Gasteiger partial charge in [-0.25, -0.2) is 4.79 Å². The summed E-state index contributed by atoms with van der Waals surface area (Å²) in [5.74, 6) is -0.718. The maximum absolute atomic E-state index is 10.7. The lowest BCUT2D eigenvalue weighted by Crippen LogP contribution is -2.31. The van der Waals surface area contributed by atoms with E-state index >= 15 is 0 Å². The minimum Gasteiger partial charge on any atom is -0.480 e. The van der Waals surface area contributed by atoms with Gasteiger partial charge in [0.25, 0.3) is 10.1 Å². The van der Waals surface area contributed by atoms with Crippen LogP contribution in [0.5, 0.6) is 0 Å². The van der Waals surface area contributed by atoms with Crippen molar-refractivity contribution in [3.8, 4) is 0 Å². The molecule has 0 aromatic heterocycles. The van der Waals surface area contributed by atoms with Crippen LogP contribution in [-0.4, -0.2) is 30.1 Å². The van der Waals surface area contributed by atoms with Gasteiger partial charge in [-0.05, 0) is 50.3 Å². The average molecular weight is 339 g/mol. The number of nitrogens with one attached hydrogen (secondary N) is 1. The van der Waals surface area contributed by atoms with E-state index in [1.54, 1.807) is 12.1 Å². The summed E-state index contributed by atoms with van der Waals surface area (Å²) < 4.78 is 29.6. The fraction of sp³-hybridized carbons (Fsp3) is 0.438. The van der Waals surface area contributed by atoms with Crippen molar-refractivity contribution in [1.82, 2.24) is 5.32 Å². The van der Waals surface area contributed by atoms with Crippen LogP contribution in [0, 0.1) is 6.92 Å². The molecule has 2 aliphatic rings. The van der Waals surface area contributed by atoms with Crippen molar-refractivity contribution in [2.45, 2.75) is 50.0 Å². The topological polar surface area (TPSA) is 104 Å². The Morgan fingerprint density at radius 2 is 1.78 bits per heavy atom. The third-order valence-electron chi connectivity index (χ3n) is 4.00. The van der Waals surface area contributed by atoms with Crippen molar-refractivity contribution < 1.29 is 22.9 Å². The second-order valence-electron chi connectivity index (χ2n) is 5.82. The molecule has 0 bridgehead atoms. The highest BCUT2D eigenvalue weighted by Crippen LogP contribution is 2.31. The van der Waals surface area contributed by atoms with E-state index in [1.165, 1.54) is 36.2 Å². The first-order valence-electron chi connectivity index (χ1n) is 7.52. The van der Waals surface area contributed by atoms with Gasteiger partial charge in [0.2, 0.25) is 0 Å². The summed E-state index contributed by atoms with van der Waals surface area (Å²) >= 11 is 0. The molecule has 6 nitrogen and oxygen atoms in total. The molecule has 0 amide bonds. The molecule has 1 aromatic carbocycles. The largest absolute Gasteiger partial charge is 0.480 e. The van der Waals surface area contributed by atoms with Crippen molar-refractivity contribution in [2.75, 3.05) is 0 Å². The number of rotatable bonds is 2. The highest BCUT2D eigenvalue weighted by Gasteiger charge is 2.29. The molecule has 23 heavy (non-hydrogen) atoms. The summed E-state index contributed by atoms with van der Waals surface area (Å²) in [4.78, 5) is 10.6. The lowest BCUT2D eigenvalue weighted by molar-refractivity contribution is -0.139. The number of allylic oxidation sites excluding steroid dienone is 1. The molecule has 3 N–H and O–H groups in total. The van der Waals surface area contributed by atoms with Gasteiger partial charge < -0.3 is 10.4 Å². The van der Waals surface area contributed by atoms with Gasteiger partial charge in [-0.3, -0.25) is 4.55 Å². The molecule has 3 rings (SSSR count). The minimum atomic E-state index is -4.02. The van der Waals surface area contributed by atoms with Gasteiger partial charge in [0.15, 0.2) is 0 Å². The molecular weight excluding hydrogens is 318 g/mol. The molecule has 1 aliphatic heterocycles. The van der Waals surface area contributed by atoms with E-state index in [-0.39, 0.29) is 10.9 Å². The maximum Gasteiger partial charge on any atom is 0.326 e. The van der Waals surface area contributed by atoms with Gasteiger partial charge in [-0.15, -0.1) is 0 Å². The Labute approximate surface area is 136 Å². The Morgan fingerprint density at radius 1 is 1.17 bits per heavy atom. The fourth-order valence-corrected chi connectivity index (χ4v) is 3.21. The zero-order chi connectivity index (χ0) is 17.0. The normalized spacial score (nSPS) is 20.2. The lowest BCUT2D eigenvalue weighted by atomic mass is 9.96. The average Bonchev–Trinajstić information content (AvgIpc) is 2.91. The van der Waals surface area contributed by atoms with E-state index in [4.69, 9.17) is 9.66 Å². The molecule has 7 heteroatoms. The van der Waals surface area contributed by atoms with Crippen LogP contribution in [0.4, 0.5) is 0 Å². The highest BCUT2D eigenvalue weighted by atomic mass is 32.2. The summed E-state index contributed by atoms with van der Waals surface area (Å²) in [7, 11) is -4.02. The van der Waals surface area contributed by atoms with Crippen LogP contribution in [0.2, 0.25) is 0 Å². The fourth-order valence-electron chi connectivity index (χ4n) is 2.73. The molecular formula is C16H21NO5S. The third kappa shape index (κ3) is 4.80. The van der Waals surface area contributed by atoms with Gasteiger partial charge in [-0.1, -0.05) is 17.7 Å². The second-order valence-corrected chi connectivity index (χ2v) is 7.24. The van der Waals surface area contributed by atoms with E-state index in [9.17, 15) is 13.2 Å². The van der Waals surface area contributed by atoms with Gasteiger partial charge >= 0.3 is 5.97 Å². The Bertz CT molecular complexity index is 688. The summed E-state index contributed by atoms with van der Waals surface area (Å²) in [5, 5.41) is 11.8. The molecule has 1 atom stereocenters. The second kappa shape index (κ2) is 7.14. The van der Waals surface area contributed by atoms with Gasteiger partial charge in [0, 0.05) is 12.1 Å². The van der Waals surface area contributed by atoms with Crippen LogP contribution in [0.1, 0.15) is 37.7 Å². The molecule has 1 heterocycles. The maximum atomic E-state index is 10.7. The number of aliphatic carboxylic acids is 1. The number of aryl methyl sites for hydroxylation is 1. The Balaban J connectivity index is 0.000000168. The molecule has 0 saturated carbocycles. The number of carboxylic acid groups (broad SMARTS) is 1. The number of benzene rings is 1. The van der Waals surface area contributed by atoms with Crippen molar-refractivity contribution in [3.63, 3.8) is 0 Å². The monoisotopic (exact) mass is 339 g/mol. The van der Waals surface area contributed by atoms with E-state index < -0.39 is 16.1 Å². The zero-order valence-electron chi connectivity index (χ0n) is 12.9. The predicted octanol–water partition coefficient (Wildman–Crippen LogP) is 2.50. The van der Waals surface area contributed by atoms with Gasteiger partial charge in [0.1, 0.15) is 6.04 Å². The molecule has 126 valence electrons. The van der Waals surface area contributed by atoms with Crippen molar-refractivity contribution >= 4 is 16.1 Å². The summed E-state index contributed by atoms with van der Waals surface area (Å²) in [6, 6.07) is 5.65. The van der Waals surface area contributed by atoms with Gasteiger partial charge in [-0.2, -0.15) is 8.42 Å². The molecule has 0 unspecified atom stereocenters. The molecule has 0 radical (unpaired) electrons. The zero-order valence-corrected chi connectivity index (χ0v) is 13.8. The van der Waals surface area contributed by atoms with E-state index in [2.05, 4.69) is 5.32 Å². The molecule has 0 saturated heterocycles. The minimum absolute atomic E-state index is 0.0666. The first kappa shape index (κ1) is 17.5. The lowest BCUT2D eigenvalue weighted by Gasteiger charge is -2.12.